The molecule has 1 aliphatic carbocycles. The van der Waals surface area contributed by atoms with Crippen LogP contribution in [0.15, 0.2) is 6.07 Å². The molecule has 2 heterocycles. The monoisotopic (exact) mass is 243 g/mol. The van der Waals surface area contributed by atoms with Crippen LogP contribution in [0.2, 0.25) is 10.3 Å². The van der Waals surface area contributed by atoms with Crippen molar-refractivity contribution < 1.29 is 0 Å². The van der Waals surface area contributed by atoms with Gasteiger partial charge in [-0.1, -0.05) is 23.2 Å². The Morgan fingerprint density at radius 2 is 2.00 bits per heavy atom. The van der Waals surface area contributed by atoms with Crippen molar-refractivity contribution in [1.29, 1.82) is 0 Å². The third-order valence-corrected chi connectivity index (χ3v) is 3.89. The maximum atomic E-state index is 6.02. The highest BCUT2D eigenvalue weighted by Crippen LogP contribution is 2.53. The lowest BCUT2D eigenvalue weighted by Gasteiger charge is -2.18. The van der Waals surface area contributed by atoms with Gasteiger partial charge in [0.05, 0.1) is 5.69 Å². The van der Waals surface area contributed by atoms with Gasteiger partial charge in [0.2, 0.25) is 0 Å². The first-order chi connectivity index (χ1) is 7.19. The van der Waals surface area contributed by atoms with E-state index in [1.165, 1.54) is 19.3 Å². The first-order valence-corrected chi connectivity index (χ1v) is 5.88. The van der Waals surface area contributed by atoms with E-state index < -0.39 is 0 Å². The van der Waals surface area contributed by atoms with Gasteiger partial charge in [-0.05, 0) is 24.7 Å². The third kappa shape index (κ3) is 1.68. The number of halogens is 2. The fourth-order valence-corrected chi connectivity index (χ4v) is 2.64. The first-order valence-electron chi connectivity index (χ1n) is 5.12. The van der Waals surface area contributed by atoms with Crippen molar-refractivity contribution in [2.45, 2.75) is 19.3 Å². The van der Waals surface area contributed by atoms with Crippen molar-refractivity contribution >= 4 is 28.9 Å². The predicted molar refractivity (Wildman–Crippen MR) is 60.5 cm³/mol. The molecule has 0 atom stereocenters. The first kappa shape index (κ1) is 9.67. The summed E-state index contributed by atoms with van der Waals surface area (Å²) in [5.41, 5.74) is 1.51. The average Bonchev–Trinajstić information content (AvgIpc) is 2.82. The minimum atomic E-state index is 0.408. The third-order valence-electron chi connectivity index (χ3n) is 3.44. The van der Waals surface area contributed by atoms with Gasteiger partial charge in [-0.2, -0.15) is 0 Å². The largest absolute Gasteiger partial charge is 0.368 e. The van der Waals surface area contributed by atoms with Gasteiger partial charge >= 0.3 is 0 Å². The summed E-state index contributed by atoms with van der Waals surface area (Å²) in [5.74, 6) is 0. The molecule has 1 aromatic rings. The Hall–Kier alpha value is -0.540. The molecule has 0 N–H and O–H groups in total. The molecule has 1 saturated carbocycles. The SMILES string of the molecule is Clc1cc(N2CCC3(CC3)C2)c(Cl)nn1. The van der Waals surface area contributed by atoms with E-state index in [9.17, 15) is 0 Å². The Bertz CT molecular complexity index is 404. The van der Waals surface area contributed by atoms with E-state index >= 15 is 0 Å². The zero-order valence-electron chi connectivity index (χ0n) is 8.21. The molecular formula is C10H11Cl2N3. The van der Waals surface area contributed by atoms with E-state index in [-0.39, 0.29) is 0 Å². The van der Waals surface area contributed by atoms with E-state index in [0.717, 1.165) is 18.8 Å². The summed E-state index contributed by atoms with van der Waals surface area (Å²) in [5, 5.41) is 8.42. The normalized spacial score (nSPS) is 22.4. The van der Waals surface area contributed by atoms with Gasteiger partial charge in [0.25, 0.3) is 0 Å². The van der Waals surface area contributed by atoms with Gasteiger partial charge in [0, 0.05) is 19.2 Å². The summed E-state index contributed by atoms with van der Waals surface area (Å²) in [6.45, 7) is 2.15. The molecule has 15 heavy (non-hydrogen) atoms. The van der Waals surface area contributed by atoms with Gasteiger partial charge in [-0.25, -0.2) is 0 Å². The van der Waals surface area contributed by atoms with E-state index in [1.807, 2.05) is 0 Å². The zero-order valence-corrected chi connectivity index (χ0v) is 9.72. The second-order valence-corrected chi connectivity index (χ2v) is 5.26. The second-order valence-electron chi connectivity index (χ2n) is 4.51. The Balaban J connectivity index is 1.89. The van der Waals surface area contributed by atoms with Crippen LogP contribution in [0.1, 0.15) is 19.3 Å². The smallest absolute Gasteiger partial charge is 0.175 e. The number of aromatic nitrogens is 2. The standard InChI is InChI=1S/C10H11Cl2N3/c11-8-5-7(9(12)14-13-8)15-4-3-10(6-15)1-2-10/h5H,1-4,6H2. The number of hydrogen-bond acceptors (Lipinski definition) is 3. The molecule has 0 bridgehead atoms. The fraction of sp³-hybridized carbons (Fsp3) is 0.600. The maximum absolute atomic E-state index is 6.02. The zero-order chi connectivity index (χ0) is 10.5. The number of nitrogens with zero attached hydrogens (tertiary/aromatic N) is 3. The molecule has 2 fully saturated rings. The molecule has 5 heteroatoms. The molecule has 3 rings (SSSR count). The predicted octanol–water partition coefficient (Wildman–Crippen LogP) is 2.77. The molecular weight excluding hydrogens is 233 g/mol. The number of rotatable bonds is 1. The molecule has 1 aromatic heterocycles. The Kier molecular flexibility index (Phi) is 2.08. The van der Waals surface area contributed by atoms with Gasteiger partial charge in [-0.3, -0.25) is 0 Å². The van der Waals surface area contributed by atoms with E-state index in [1.54, 1.807) is 6.07 Å². The molecule has 1 aliphatic heterocycles. The molecule has 0 aromatic carbocycles. The summed E-state index contributed by atoms with van der Waals surface area (Å²) >= 11 is 11.8. The lowest BCUT2D eigenvalue weighted by Crippen LogP contribution is -2.20. The van der Waals surface area contributed by atoms with Crippen molar-refractivity contribution in [3.05, 3.63) is 16.4 Å². The van der Waals surface area contributed by atoms with E-state index in [0.29, 0.717) is 15.7 Å². The molecule has 0 radical (unpaired) electrons. The molecule has 1 saturated heterocycles. The molecule has 2 aliphatic rings. The topological polar surface area (TPSA) is 29.0 Å². The summed E-state index contributed by atoms with van der Waals surface area (Å²) < 4.78 is 0. The minimum Gasteiger partial charge on any atom is -0.368 e. The van der Waals surface area contributed by atoms with Crippen LogP contribution in [-0.2, 0) is 0 Å². The second kappa shape index (κ2) is 3.22. The molecule has 0 amide bonds. The number of hydrogen-bond donors (Lipinski definition) is 0. The lowest BCUT2D eigenvalue weighted by molar-refractivity contribution is 0.581. The quantitative estimate of drug-likeness (QED) is 0.760. The lowest BCUT2D eigenvalue weighted by atomic mass is 10.1. The summed E-state index contributed by atoms with van der Waals surface area (Å²) in [6.07, 6.45) is 3.98. The van der Waals surface area contributed by atoms with E-state index in [4.69, 9.17) is 23.2 Å². The summed E-state index contributed by atoms with van der Waals surface area (Å²) in [6, 6.07) is 1.80. The van der Waals surface area contributed by atoms with Crippen molar-refractivity contribution in [1.82, 2.24) is 10.2 Å². The van der Waals surface area contributed by atoms with Gasteiger partial charge in [0.15, 0.2) is 10.3 Å². The van der Waals surface area contributed by atoms with Crippen molar-refractivity contribution in [2.75, 3.05) is 18.0 Å². The number of anilines is 1. The maximum Gasteiger partial charge on any atom is 0.175 e. The average molecular weight is 244 g/mol. The fourth-order valence-electron chi connectivity index (χ4n) is 2.29. The molecule has 80 valence electrons. The van der Waals surface area contributed by atoms with Gasteiger partial charge in [0.1, 0.15) is 0 Å². The summed E-state index contributed by atoms with van der Waals surface area (Å²) in [4.78, 5) is 2.27. The van der Waals surface area contributed by atoms with Crippen LogP contribution >= 0.6 is 23.2 Å². The Labute approximate surface area is 98.4 Å². The van der Waals surface area contributed by atoms with E-state index in [2.05, 4.69) is 15.1 Å². The van der Waals surface area contributed by atoms with Crippen LogP contribution in [0.3, 0.4) is 0 Å². The van der Waals surface area contributed by atoms with Crippen molar-refractivity contribution in [2.24, 2.45) is 5.41 Å². The van der Waals surface area contributed by atoms with Gasteiger partial charge < -0.3 is 4.90 Å². The van der Waals surface area contributed by atoms with Crippen LogP contribution in [0, 0.1) is 5.41 Å². The Morgan fingerprint density at radius 1 is 1.20 bits per heavy atom. The highest BCUT2D eigenvalue weighted by molar-refractivity contribution is 6.33. The minimum absolute atomic E-state index is 0.408. The van der Waals surface area contributed by atoms with Crippen LogP contribution in [0.5, 0.6) is 0 Å². The van der Waals surface area contributed by atoms with Crippen LogP contribution in [-0.4, -0.2) is 23.3 Å². The highest BCUT2D eigenvalue weighted by atomic mass is 35.5. The summed E-state index contributed by atoms with van der Waals surface area (Å²) in [7, 11) is 0. The van der Waals surface area contributed by atoms with Gasteiger partial charge in [-0.15, -0.1) is 10.2 Å². The van der Waals surface area contributed by atoms with Crippen LogP contribution in [0.25, 0.3) is 0 Å². The van der Waals surface area contributed by atoms with Crippen LogP contribution in [0.4, 0.5) is 5.69 Å². The Morgan fingerprint density at radius 3 is 2.67 bits per heavy atom. The van der Waals surface area contributed by atoms with Crippen molar-refractivity contribution in [3.8, 4) is 0 Å². The highest BCUT2D eigenvalue weighted by Gasteiger charge is 2.48. The molecule has 3 nitrogen and oxygen atoms in total. The molecule has 1 spiro atoms. The van der Waals surface area contributed by atoms with Crippen molar-refractivity contribution in [3.63, 3.8) is 0 Å². The molecule has 0 unspecified atom stereocenters. The van der Waals surface area contributed by atoms with Crippen LogP contribution < -0.4 is 4.90 Å².